The molecule has 1 aromatic heterocycles. The predicted octanol–water partition coefficient (Wildman–Crippen LogP) is 1.54. The molecule has 0 aliphatic rings. The molecule has 1 heterocycles. The SMILES string of the molecule is CC.CNc1ncncc1C=N. The van der Waals surface area contributed by atoms with Crippen LogP contribution in [0.5, 0.6) is 0 Å². The van der Waals surface area contributed by atoms with E-state index in [9.17, 15) is 0 Å². The number of nitrogens with zero attached hydrogens (tertiary/aromatic N) is 2. The van der Waals surface area contributed by atoms with Crippen molar-refractivity contribution in [2.45, 2.75) is 13.8 Å². The van der Waals surface area contributed by atoms with Crippen molar-refractivity contribution in [2.75, 3.05) is 12.4 Å². The van der Waals surface area contributed by atoms with Crippen LogP contribution in [0.4, 0.5) is 5.82 Å². The Morgan fingerprint density at radius 2 is 2.17 bits per heavy atom. The second kappa shape index (κ2) is 6.27. The molecule has 0 unspecified atom stereocenters. The van der Waals surface area contributed by atoms with E-state index in [2.05, 4.69) is 15.3 Å². The van der Waals surface area contributed by atoms with Crippen LogP contribution in [0, 0.1) is 5.41 Å². The molecule has 66 valence electrons. The normalized spacial score (nSPS) is 7.92. The van der Waals surface area contributed by atoms with Gasteiger partial charge in [-0.1, -0.05) is 13.8 Å². The maximum atomic E-state index is 6.94. The molecule has 0 saturated carbocycles. The first-order chi connectivity index (χ1) is 5.88. The van der Waals surface area contributed by atoms with E-state index in [1.807, 2.05) is 13.8 Å². The first-order valence-electron chi connectivity index (χ1n) is 3.86. The molecule has 4 nitrogen and oxygen atoms in total. The van der Waals surface area contributed by atoms with Gasteiger partial charge in [-0.15, -0.1) is 0 Å². The molecular formula is C8H14N4. The van der Waals surface area contributed by atoms with Gasteiger partial charge in [0.05, 0.1) is 5.56 Å². The van der Waals surface area contributed by atoms with Crippen molar-refractivity contribution in [2.24, 2.45) is 0 Å². The Bertz CT molecular complexity index is 234. The summed E-state index contributed by atoms with van der Waals surface area (Å²) in [5.41, 5.74) is 0.699. The minimum Gasteiger partial charge on any atom is -0.373 e. The lowest BCUT2D eigenvalue weighted by Crippen LogP contribution is -1.97. The molecule has 12 heavy (non-hydrogen) atoms. The van der Waals surface area contributed by atoms with Gasteiger partial charge in [0.25, 0.3) is 0 Å². The van der Waals surface area contributed by atoms with Crippen LogP contribution >= 0.6 is 0 Å². The minimum absolute atomic E-state index is 0.685. The van der Waals surface area contributed by atoms with Gasteiger partial charge in [-0.3, -0.25) is 0 Å². The summed E-state index contributed by atoms with van der Waals surface area (Å²) in [5.74, 6) is 0.685. The molecule has 1 rings (SSSR count). The smallest absolute Gasteiger partial charge is 0.137 e. The summed E-state index contributed by atoms with van der Waals surface area (Å²) < 4.78 is 0. The number of aromatic nitrogens is 2. The van der Waals surface area contributed by atoms with Crippen LogP contribution in [0.2, 0.25) is 0 Å². The number of anilines is 1. The molecule has 0 atom stereocenters. The quantitative estimate of drug-likeness (QED) is 0.655. The van der Waals surface area contributed by atoms with E-state index in [0.717, 1.165) is 0 Å². The summed E-state index contributed by atoms with van der Waals surface area (Å²) in [6.07, 6.45) is 4.25. The molecular weight excluding hydrogens is 152 g/mol. The molecule has 0 amide bonds. The Kier molecular flexibility index (Phi) is 5.51. The highest BCUT2D eigenvalue weighted by Gasteiger charge is 1.95. The van der Waals surface area contributed by atoms with E-state index in [4.69, 9.17) is 5.41 Å². The molecule has 4 heteroatoms. The Morgan fingerprint density at radius 1 is 1.50 bits per heavy atom. The summed E-state index contributed by atoms with van der Waals surface area (Å²) in [6, 6.07) is 0. The highest BCUT2D eigenvalue weighted by atomic mass is 15.0. The predicted molar refractivity (Wildman–Crippen MR) is 50.8 cm³/mol. The zero-order chi connectivity index (χ0) is 9.40. The van der Waals surface area contributed by atoms with Crippen LogP contribution in [-0.2, 0) is 0 Å². The number of hydrogen-bond donors (Lipinski definition) is 2. The topological polar surface area (TPSA) is 61.7 Å². The molecule has 0 spiro atoms. The average Bonchev–Trinajstić information content (AvgIpc) is 2.20. The summed E-state index contributed by atoms with van der Waals surface area (Å²) in [7, 11) is 1.76. The first kappa shape index (κ1) is 10.6. The van der Waals surface area contributed by atoms with Crippen molar-refractivity contribution < 1.29 is 0 Å². The van der Waals surface area contributed by atoms with Gasteiger partial charge < -0.3 is 10.7 Å². The Hall–Kier alpha value is -1.45. The number of rotatable bonds is 2. The zero-order valence-electron chi connectivity index (χ0n) is 7.63. The van der Waals surface area contributed by atoms with Gasteiger partial charge in [-0.25, -0.2) is 9.97 Å². The van der Waals surface area contributed by atoms with E-state index in [1.54, 1.807) is 13.2 Å². The fraction of sp³-hybridized carbons (Fsp3) is 0.375. The fourth-order valence-corrected chi connectivity index (χ4v) is 0.655. The first-order valence-corrected chi connectivity index (χ1v) is 3.86. The fourth-order valence-electron chi connectivity index (χ4n) is 0.655. The summed E-state index contributed by atoms with van der Waals surface area (Å²) in [5, 5.41) is 9.79. The number of hydrogen-bond acceptors (Lipinski definition) is 4. The van der Waals surface area contributed by atoms with E-state index in [-0.39, 0.29) is 0 Å². The van der Waals surface area contributed by atoms with E-state index >= 15 is 0 Å². The summed E-state index contributed by atoms with van der Waals surface area (Å²) in [6.45, 7) is 4.00. The van der Waals surface area contributed by atoms with Gasteiger partial charge in [-0.2, -0.15) is 0 Å². The highest BCUT2D eigenvalue weighted by molar-refractivity contribution is 5.83. The lowest BCUT2D eigenvalue weighted by molar-refractivity contribution is 1.15. The molecule has 0 aliphatic heterocycles. The Balaban J connectivity index is 0.000000561. The molecule has 0 saturated heterocycles. The molecule has 1 aromatic rings. The third-order valence-electron chi connectivity index (χ3n) is 1.13. The minimum atomic E-state index is 0.685. The second-order valence-corrected chi connectivity index (χ2v) is 1.72. The van der Waals surface area contributed by atoms with Crippen LogP contribution in [0.25, 0.3) is 0 Å². The maximum absolute atomic E-state index is 6.94. The third-order valence-corrected chi connectivity index (χ3v) is 1.13. The van der Waals surface area contributed by atoms with E-state index < -0.39 is 0 Å². The van der Waals surface area contributed by atoms with Crippen LogP contribution in [-0.4, -0.2) is 23.2 Å². The van der Waals surface area contributed by atoms with E-state index in [1.165, 1.54) is 12.5 Å². The van der Waals surface area contributed by atoms with Gasteiger partial charge in [0.2, 0.25) is 0 Å². The lowest BCUT2D eigenvalue weighted by Gasteiger charge is -1.99. The maximum Gasteiger partial charge on any atom is 0.137 e. The van der Waals surface area contributed by atoms with Crippen LogP contribution in [0.3, 0.4) is 0 Å². The van der Waals surface area contributed by atoms with Crippen molar-refractivity contribution in [1.82, 2.24) is 9.97 Å². The summed E-state index contributed by atoms with van der Waals surface area (Å²) in [4.78, 5) is 7.66. The van der Waals surface area contributed by atoms with Crippen LogP contribution in [0.1, 0.15) is 19.4 Å². The lowest BCUT2D eigenvalue weighted by atomic mass is 10.3. The molecule has 0 aliphatic carbocycles. The molecule has 0 radical (unpaired) electrons. The molecule has 0 fully saturated rings. The second-order valence-electron chi connectivity index (χ2n) is 1.72. The van der Waals surface area contributed by atoms with Crippen LogP contribution in [0.15, 0.2) is 12.5 Å². The monoisotopic (exact) mass is 166 g/mol. The van der Waals surface area contributed by atoms with Gasteiger partial charge in [-0.05, 0) is 0 Å². The van der Waals surface area contributed by atoms with Crippen molar-refractivity contribution in [3.05, 3.63) is 18.1 Å². The largest absolute Gasteiger partial charge is 0.373 e. The Morgan fingerprint density at radius 3 is 2.58 bits per heavy atom. The summed E-state index contributed by atoms with van der Waals surface area (Å²) >= 11 is 0. The van der Waals surface area contributed by atoms with E-state index in [0.29, 0.717) is 11.4 Å². The average molecular weight is 166 g/mol. The van der Waals surface area contributed by atoms with Crippen LogP contribution < -0.4 is 5.32 Å². The van der Waals surface area contributed by atoms with Crippen molar-refractivity contribution in [1.29, 1.82) is 5.41 Å². The molecule has 0 aromatic carbocycles. The highest BCUT2D eigenvalue weighted by Crippen LogP contribution is 2.03. The van der Waals surface area contributed by atoms with Gasteiger partial charge in [0.1, 0.15) is 12.1 Å². The van der Waals surface area contributed by atoms with Crippen molar-refractivity contribution in [3.8, 4) is 0 Å². The zero-order valence-corrected chi connectivity index (χ0v) is 7.63. The van der Waals surface area contributed by atoms with Crippen molar-refractivity contribution >= 4 is 12.0 Å². The third kappa shape index (κ3) is 2.65. The van der Waals surface area contributed by atoms with Gasteiger partial charge >= 0.3 is 0 Å². The Labute approximate surface area is 72.6 Å². The molecule has 0 bridgehead atoms. The number of nitrogens with one attached hydrogen (secondary N) is 2. The van der Waals surface area contributed by atoms with Gasteiger partial charge in [0.15, 0.2) is 0 Å². The van der Waals surface area contributed by atoms with Crippen molar-refractivity contribution in [3.63, 3.8) is 0 Å². The standard InChI is InChI=1S/C6H8N4.C2H6/c1-8-6-5(2-7)3-9-4-10-6;1-2/h2-4,7H,1H3,(H,8,9,10);1-2H3. The molecule has 2 N–H and O–H groups in total. The van der Waals surface area contributed by atoms with Gasteiger partial charge in [0, 0.05) is 19.5 Å².